The first-order valence-electron chi connectivity index (χ1n) is 6.60. The third kappa shape index (κ3) is 2.89. The van der Waals surface area contributed by atoms with Gasteiger partial charge in [0.1, 0.15) is 6.54 Å². The van der Waals surface area contributed by atoms with Gasteiger partial charge in [-0.3, -0.25) is 9.48 Å². The highest BCUT2D eigenvalue weighted by atomic mass is 16.3. The first-order chi connectivity index (χ1) is 8.80. The first-order valence-corrected chi connectivity index (χ1v) is 6.60. The van der Waals surface area contributed by atoms with Crippen molar-refractivity contribution >= 4 is 11.6 Å². The van der Waals surface area contributed by atoms with E-state index < -0.39 is 5.60 Å². The molecule has 2 rings (SSSR count). The molecule has 6 heteroatoms. The predicted octanol–water partition coefficient (Wildman–Crippen LogP) is 0.456. The van der Waals surface area contributed by atoms with E-state index in [1.165, 1.54) is 0 Å². The van der Waals surface area contributed by atoms with Crippen molar-refractivity contribution in [3.05, 3.63) is 11.4 Å². The molecule has 1 aromatic heterocycles. The van der Waals surface area contributed by atoms with Crippen LogP contribution in [0.3, 0.4) is 0 Å². The van der Waals surface area contributed by atoms with Crippen molar-refractivity contribution in [1.29, 1.82) is 0 Å². The first kappa shape index (κ1) is 13.9. The lowest BCUT2D eigenvalue weighted by molar-refractivity contribution is -0.135. The molecule has 0 aromatic carbocycles. The fourth-order valence-corrected chi connectivity index (χ4v) is 2.33. The number of carbonyl (C=O) groups excluding carboxylic acids is 1. The number of aliphatic hydroxyl groups is 1. The number of nitrogens with zero attached hydrogens (tertiary/aromatic N) is 3. The highest BCUT2D eigenvalue weighted by Crippen LogP contribution is 2.21. The number of aromatic nitrogens is 2. The summed E-state index contributed by atoms with van der Waals surface area (Å²) in [6, 6.07) is 0. The van der Waals surface area contributed by atoms with Gasteiger partial charge >= 0.3 is 0 Å². The second-order valence-electron chi connectivity index (χ2n) is 5.62. The summed E-state index contributed by atoms with van der Waals surface area (Å²) in [5, 5.41) is 14.1. The zero-order valence-electron chi connectivity index (χ0n) is 11.8. The van der Waals surface area contributed by atoms with E-state index in [1.54, 1.807) is 9.58 Å². The normalized spacial score (nSPS) is 18.6. The van der Waals surface area contributed by atoms with Crippen LogP contribution in [0.15, 0.2) is 0 Å². The monoisotopic (exact) mass is 266 g/mol. The molecule has 0 atom stereocenters. The number of rotatable bonds is 2. The zero-order chi connectivity index (χ0) is 14.2. The lowest BCUT2D eigenvalue weighted by Gasteiger charge is -2.35. The Kier molecular flexibility index (Phi) is 3.54. The van der Waals surface area contributed by atoms with Gasteiger partial charge < -0.3 is 15.7 Å². The van der Waals surface area contributed by atoms with E-state index in [9.17, 15) is 9.90 Å². The van der Waals surface area contributed by atoms with Gasteiger partial charge in [0.25, 0.3) is 0 Å². The smallest absolute Gasteiger partial charge is 0.244 e. The molecule has 1 aliphatic heterocycles. The summed E-state index contributed by atoms with van der Waals surface area (Å²) in [4.78, 5) is 14.0. The Labute approximate surface area is 113 Å². The van der Waals surface area contributed by atoms with Gasteiger partial charge in [0, 0.05) is 13.1 Å². The highest BCUT2D eigenvalue weighted by Gasteiger charge is 2.29. The summed E-state index contributed by atoms with van der Waals surface area (Å²) in [7, 11) is 0. The van der Waals surface area contributed by atoms with E-state index >= 15 is 0 Å². The van der Waals surface area contributed by atoms with Crippen LogP contribution in [0.5, 0.6) is 0 Å². The number of hydrogen-bond donors (Lipinski definition) is 2. The summed E-state index contributed by atoms with van der Waals surface area (Å²) >= 11 is 0. The van der Waals surface area contributed by atoms with Crippen LogP contribution in [-0.4, -0.2) is 44.4 Å². The molecule has 2 heterocycles. The van der Waals surface area contributed by atoms with E-state index in [1.807, 2.05) is 20.8 Å². The van der Waals surface area contributed by atoms with Crippen LogP contribution in [-0.2, 0) is 11.3 Å². The van der Waals surface area contributed by atoms with Crippen LogP contribution in [0.4, 0.5) is 5.69 Å². The molecule has 1 saturated heterocycles. The Hall–Kier alpha value is -1.56. The highest BCUT2D eigenvalue weighted by molar-refractivity contribution is 5.76. The topological polar surface area (TPSA) is 84.4 Å². The Morgan fingerprint density at radius 3 is 2.47 bits per heavy atom. The van der Waals surface area contributed by atoms with Crippen LogP contribution >= 0.6 is 0 Å². The molecular weight excluding hydrogens is 244 g/mol. The van der Waals surface area contributed by atoms with Crippen LogP contribution < -0.4 is 5.73 Å². The van der Waals surface area contributed by atoms with E-state index in [-0.39, 0.29) is 12.5 Å². The summed E-state index contributed by atoms with van der Waals surface area (Å²) < 4.78 is 1.65. The maximum atomic E-state index is 12.2. The van der Waals surface area contributed by atoms with Gasteiger partial charge in [-0.25, -0.2) is 0 Å². The van der Waals surface area contributed by atoms with Gasteiger partial charge in [0.05, 0.1) is 22.7 Å². The third-order valence-electron chi connectivity index (χ3n) is 3.92. The minimum Gasteiger partial charge on any atom is -0.396 e. The maximum Gasteiger partial charge on any atom is 0.244 e. The average Bonchev–Trinajstić information content (AvgIpc) is 2.57. The lowest BCUT2D eigenvalue weighted by Crippen LogP contribution is -2.46. The molecule has 1 fully saturated rings. The Morgan fingerprint density at radius 2 is 2.00 bits per heavy atom. The van der Waals surface area contributed by atoms with Gasteiger partial charge in [-0.15, -0.1) is 0 Å². The minimum atomic E-state index is -0.639. The van der Waals surface area contributed by atoms with Crippen LogP contribution in [0.2, 0.25) is 0 Å². The SMILES string of the molecule is Cc1nn(CC(=O)N2CCC(C)(O)CC2)c(C)c1N. The van der Waals surface area contributed by atoms with Gasteiger partial charge in [-0.2, -0.15) is 5.10 Å². The van der Waals surface area contributed by atoms with E-state index in [2.05, 4.69) is 5.10 Å². The van der Waals surface area contributed by atoms with Gasteiger partial charge in [0.15, 0.2) is 0 Å². The van der Waals surface area contributed by atoms with E-state index in [4.69, 9.17) is 5.73 Å². The summed E-state index contributed by atoms with van der Waals surface area (Å²) in [5.41, 5.74) is 7.44. The van der Waals surface area contributed by atoms with Crippen molar-refractivity contribution in [2.24, 2.45) is 0 Å². The molecule has 106 valence electrons. The number of carbonyl (C=O) groups is 1. The van der Waals surface area contributed by atoms with Crippen molar-refractivity contribution in [3.63, 3.8) is 0 Å². The number of amides is 1. The number of nitrogens with two attached hydrogens (primary N) is 1. The predicted molar refractivity (Wildman–Crippen MR) is 72.6 cm³/mol. The number of anilines is 1. The molecule has 0 aliphatic carbocycles. The molecule has 0 spiro atoms. The van der Waals surface area contributed by atoms with E-state index in [0.29, 0.717) is 31.6 Å². The van der Waals surface area contributed by atoms with Crippen LogP contribution in [0, 0.1) is 13.8 Å². The summed E-state index contributed by atoms with van der Waals surface area (Å²) in [5.74, 6) is 0.0288. The number of nitrogen functional groups attached to an aromatic ring is 1. The minimum absolute atomic E-state index is 0.0288. The summed E-state index contributed by atoms with van der Waals surface area (Å²) in [6.07, 6.45) is 1.25. The third-order valence-corrected chi connectivity index (χ3v) is 3.92. The van der Waals surface area contributed by atoms with Crippen molar-refractivity contribution in [2.45, 2.75) is 45.8 Å². The number of hydrogen-bond acceptors (Lipinski definition) is 4. The van der Waals surface area contributed by atoms with Gasteiger partial charge in [-0.1, -0.05) is 0 Å². The molecule has 6 nitrogen and oxygen atoms in total. The summed E-state index contributed by atoms with van der Waals surface area (Å²) in [6.45, 7) is 6.93. The molecule has 1 aromatic rings. The average molecular weight is 266 g/mol. The molecule has 0 saturated carbocycles. The second-order valence-corrected chi connectivity index (χ2v) is 5.62. The lowest BCUT2D eigenvalue weighted by atomic mass is 9.94. The zero-order valence-corrected chi connectivity index (χ0v) is 11.8. The number of piperidine rings is 1. The Bertz CT molecular complexity index is 483. The van der Waals surface area contributed by atoms with Crippen LogP contribution in [0.1, 0.15) is 31.2 Å². The fourth-order valence-electron chi connectivity index (χ4n) is 2.33. The molecule has 1 aliphatic rings. The van der Waals surface area contributed by atoms with Crippen molar-refractivity contribution in [1.82, 2.24) is 14.7 Å². The fraction of sp³-hybridized carbons (Fsp3) is 0.692. The van der Waals surface area contributed by atoms with E-state index in [0.717, 1.165) is 11.4 Å². The van der Waals surface area contributed by atoms with Crippen molar-refractivity contribution in [2.75, 3.05) is 18.8 Å². The molecule has 0 radical (unpaired) electrons. The van der Waals surface area contributed by atoms with Gasteiger partial charge in [-0.05, 0) is 33.6 Å². The molecule has 3 N–H and O–H groups in total. The largest absolute Gasteiger partial charge is 0.396 e. The molecule has 0 unspecified atom stereocenters. The molecule has 19 heavy (non-hydrogen) atoms. The molecule has 1 amide bonds. The quantitative estimate of drug-likeness (QED) is 0.814. The standard InChI is InChI=1S/C13H22N4O2/c1-9-12(14)10(2)17(15-9)8-11(18)16-6-4-13(3,19)5-7-16/h19H,4-8,14H2,1-3H3. The number of aryl methyl sites for hydroxylation is 1. The number of likely N-dealkylation sites (tertiary alicyclic amines) is 1. The Morgan fingerprint density at radius 1 is 1.42 bits per heavy atom. The van der Waals surface area contributed by atoms with Gasteiger partial charge in [0.2, 0.25) is 5.91 Å². The Balaban J connectivity index is 2.00. The maximum absolute atomic E-state index is 12.2. The second kappa shape index (κ2) is 4.85. The van der Waals surface area contributed by atoms with Crippen molar-refractivity contribution < 1.29 is 9.90 Å². The van der Waals surface area contributed by atoms with Crippen molar-refractivity contribution in [3.8, 4) is 0 Å². The molecule has 0 bridgehead atoms. The molecular formula is C13H22N4O2. The van der Waals surface area contributed by atoms with Crippen LogP contribution in [0.25, 0.3) is 0 Å².